The molecule has 5 heteroatoms. The minimum absolute atomic E-state index is 0.239. The SMILES string of the molecule is NC(c1cccnc1)c1ccc(=O)[nH]n1. The van der Waals surface area contributed by atoms with E-state index in [1.807, 2.05) is 6.07 Å². The van der Waals surface area contributed by atoms with E-state index < -0.39 is 0 Å². The zero-order valence-corrected chi connectivity index (χ0v) is 7.92. The van der Waals surface area contributed by atoms with Gasteiger partial charge in [-0.2, -0.15) is 5.10 Å². The van der Waals surface area contributed by atoms with Crippen molar-refractivity contribution in [3.05, 3.63) is 58.3 Å². The van der Waals surface area contributed by atoms with Gasteiger partial charge in [0.25, 0.3) is 5.56 Å². The van der Waals surface area contributed by atoms with Crippen LogP contribution in [0, 0.1) is 0 Å². The molecule has 2 aromatic rings. The van der Waals surface area contributed by atoms with Gasteiger partial charge < -0.3 is 5.73 Å². The number of nitrogens with zero attached hydrogens (tertiary/aromatic N) is 2. The summed E-state index contributed by atoms with van der Waals surface area (Å²) >= 11 is 0. The highest BCUT2D eigenvalue weighted by Crippen LogP contribution is 2.14. The lowest BCUT2D eigenvalue weighted by atomic mass is 10.1. The van der Waals surface area contributed by atoms with Crippen molar-refractivity contribution >= 4 is 0 Å². The van der Waals surface area contributed by atoms with Gasteiger partial charge in [-0.1, -0.05) is 6.07 Å². The summed E-state index contributed by atoms with van der Waals surface area (Å²) in [4.78, 5) is 14.8. The molecule has 0 radical (unpaired) electrons. The first-order valence-electron chi connectivity index (χ1n) is 4.48. The van der Waals surface area contributed by atoms with Gasteiger partial charge >= 0.3 is 0 Å². The second-order valence-electron chi connectivity index (χ2n) is 3.11. The van der Waals surface area contributed by atoms with Crippen molar-refractivity contribution in [1.29, 1.82) is 0 Å². The predicted molar refractivity (Wildman–Crippen MR) is 55.1 cm³/mol. The zero-order valence-electron chi connectivity index (χ0n) is 7.92. The molecule has 0 aliphatic rings. The summed E-state index contributed by atoms with van der Waals surface area (Å²) in [6.07, 6.45) is 3.36. The van der Waals surface area contributed by atoms with E-state index in [4.69, 9.17) is 5.73 Å². The monoisotopic (exact) mass is 202 g/mol. The number of pyridine rings is 1. The van der Waals surface area contributed by atoms with Gasteiger partial charge in [-0.3, -0.25) is 9.78 Å². The maximum Gasteiger partial charge on any atom is 0.264 e. The molecule has 2 heterocycles. The van der Waals surface area contributed by atoms with Crippen LogP contribution in [-0.4, -0.2) is 15.2 Å². The van der Waals surface area contributed by atoms with E-state index in [0.29, 0.717) is 5.69 Å². The molecule has 0 saturated carbocycles. The fourth-order valence-corrected chi connectivity index (χ4v) is 1.26. The standard InChI is InChI=1S/C10H10N4O/c11-10(7-2-1-5-12-6-7)8-3-4-9(15)14-13-8/h1-6,10H,11H2,(H,14,15). The van der Waals surface area contributed by atoms with Gasteiger partial charge in [0.15, 0.2) is 0 Å². The van der Waals surface area contributed by atoms with E-state index in [1.54, 1.807) is 24.5 Å². The van der Waals surface area contributed by atoms with Gasteiger partial charge in [0.2, 0.25) is 0 Å². The van der Waals surface area contributed by atoms with Crippen LogP contribution in [0.25, 0.3) is 0 Å². The predicted octanol–water partition coefficient (Wildman–Crippen LogP) is 0.213. The van der Waals surface area contributed by atoms with Crippen molar-refractivity contribution in [3.63, 3.8) is 0 Å². The van der Waals surface area contributed by atoms with Gasteiger partial charge in [0.1, 0.15) is 0 Å². The van der Waals surface area contributed by atoms with Crippen molar-refractivity contribution in [2.24, 2.45) is 5.73 Å². The first-order valence-corrected chi connectivity index (χ1v) is 4.48. The highest BCUT2D eigenvalue weighted by molar-refractivity contribution is 5.23. The summed E-state index contributed by atoms with van der Waals surface area (Å²) in [6, 6.07) is 6.32. The third-order valence-electron chi connectivity index (χ3n) is 2.06. The molecular formula is C10H10N4O. The zero-order chi connectivity index (χ0) is 10.7. The van der Waals surface area contributed by atoms with Crippen molar-refractivity contribution in [3.8, 4) is 0 Å². The van der Waals surface area contributed by atoms with Crippen LogP contribution >= 0.6 is 0 Å². The molecule has 1 unspecified atom stereocenters. The molecule has 5 nitrogen and oxygen atoms in total. The lowest BCUT2D eigenvalue weighted by Gasteiger charge is -2.09. The molecule has 0 aliphatic heterocycles. The van der Waals surface area contributed by atoms with E-state index in [9.17, 15) is 4.79 Å². The van der Waals surface area contributed by atoms with Gasteiger partial charge in [0.05, 0.1) is 11.7 Å². The molecule has 2 aromatic heterocycles. The number of nitrogens with two attached hydrogens (primary N) is 1. The molecule has 76 valence electrons. The molecule has 1 atom stereocenters. The van der Waals surface area contributed by atoms with E-state index in [0.717, 1.165) is 5.56 Å². The fraction of sp³-hybridized carbons (Fsp3) is 0.100. The van der Waals surface area contributed by atoms with Gasteiger partial charge in [-0.25, -0.2) is 5.10 Å². The first kappa shape index (κ1) is 9.54. The Kier molecular flexibility index (Phi) is 2.55. The van der Waals surface area contributed by atoms with Crippen molar-refractivity contribution in [2.45, 2.75) is 6.04 Å². The van der Waals surface area contributed by atoms with Gasteiger partial charge in [0, 0.05) is 18.5 Å². The Morgan fingerprint density at radius 1 is 1.33 bits per heavy atom. The second-order valence-corrected chi connectivity index (χ2v) is 3.11. The molecule has 15 heavy (non-hydrogen) atoms. The van der Waals surface area contributed by atoms with Gasteiger partial charge in [-0.15, -0.1) is 0 Å². The minimum atomic E-state index is -0.365. The Morgan fingerprint density at radius 3 is 2.80 bits per heavy atom. The molecule has 0 fully saturated rings. The first-order chi connectivity index (χ1) is 7.27. The number of aromatic amines is 1. The fourth-order valence-electron chi connectivity index (χ4n) is 1.26. The van der Waals surface area contributed by atoms with Crippen LogP contribution in [0.5, 0.6) is 0 Å². The van der Waals surface area contributed by atoms with Crippen molar-refractivity contribution in [1.82, 2.24) is 15.2 Å². The summed E-state index contributed by atoms with van der Waals surface area (Å²) in [7, 11) is 0. The lowest BCUT2D eigenvalue weighted by Crippen LogP contribution is -2.17. The number of nitrogens with one attached hydrogen (secondary N) is 1. The number of rotatable bonds is 2. The number of H-pyrrole nitrogens is 1. The summed E-state index contributed by atoms with van der Waals surface area (Å²) in [6.45, 7) is 0. The van der Waals surface area contributed by atoms with Gasteiger partial charge in [-0.05, 0) is 17.7 Å². The van der Waals surface area contributed by atoms with Crippen LogP contribution in [-0.2, 0) is 0 Å². The van der Waals surface area contributed by atoms with Crippen LogP contribution in [0.3, 0.4) is 0 Å². The topological polar surface area (TPSA) is 84.7 Å². The van der Waals surface area contributed by atoms with E-state index >= 15 is 0 Å². The Balaban J connectivity index is 2.32. The average molecular weight is 202 g/mol. The van der Waals surface area contributed by atoms with Crippen molar-refractivity contribution < 1.29 is 0 Å². The quantitative estimate of drug-likeness (QED) is 0.729. The third-order valence-corrected chi connectivity index (χ3v) is 2.06. The van der Waals surface area contributed by atoms with Crippen LogP contribution in [0.4, 0.5) is 0 Å². The highest BCUT2D eigenvalue weighted by Gasteiger charge is 2.09. The Morgan fingerprint density at radius 2 is 2.20 bits per heavy atom. The molecule has 0 saturated heterocycles. The third kappa shape index (κ3) is 2.08. The Labute approximate surface area is 86.0 Å². The van der Waals surface area contributed by atoms with Crippen molar-refractivity contribution in [2.75, 3.05) is 0 Å². The van der Waals surface area contributed by atoms with Crippen LogP contribution in [0.2, 0.25) is 0 Å². The van der Waals surface area contributed by atoms with E-state index in [1.165, 1.54) is 6.07 Å². The minimum Gasteiger partial charge on any atom is -0.319 e. The molecule has 0 aliphatic carbocycles. The Hall–Kier alpha value is -2.01. The summed E-state index contributed by atoms with van der Waals surface area (Å²) in [5, 5.41) is 6.21. The maximum absolute atomic E-state index is 10.8. The normalized spacial score (nSPS) is 12.3. The van der Waals surface area contributed by atoms with Crippen LogP contribution < -0.4 is 11.3 Å². The second kappa shape index (κ2) is 4.02. The molecule has 2 rings (SSSR count). The summed E-state index contributed by atoms with van der Waals surface area (Å²) in [5.74, 6) is 0. The van der Waals surface area contributed by atoms with Crippen LogP contribution in [0.1, 0.15) is 17.3 Å². The van der Waals surface area contributed by atoms with Crippen LogP contribution in [0.15, 0.2) is 41.5 Å². The number of aromatic nitrogens is 3. The molecule has 0 aromatic carbocycles. The lowest BCUT2D eigenvalue weighted by molar-refractivity contribution is 0.779. The smallest absolute Gasteiger partial charge is 0.264 e. The molecule has 0 amide bonds. The average Bonchev–Trinajstić information content (AvgIpc) is 2.30. The molecule has 0 bridgehead atoms. The Bertz CT molecular complexity index is 474. The van der Waals surface area contributed by atoms with E-state index in [-0.39, 0.29) is 11.6 Å². The molecule has 3 N–H and O–H groups in total. The summed E-state index contributed by atoms with van der Waals surface area (Å²) < 4.78 is 0. The molecular weight excluding hydrogens is 192 g/mol. The number of hydrogen-bond donors (Lipinski definition) is 2. The largest absolute Gasteiger partial charge is 0.319 e. The maximum atomic E-state index is 10.8. The molecule has 0 spiro atoms. The number of hydrogen-bond acceptors (Lipinski definition) is 4. The summed E-state index contributed by atoms with van der Waals surface area (Å²) in [5.41, 5.74) is 7.17. The van der Waals surface area contributed by atoms with E-state index in [2.05, 4.69) is 15.2 Å². The highest BCUT2D eigenvalue weighted by atomic mass is 16.1.